The molecule has 2 N–H and O–H groups in total. The van der Waals surface area contributed by atoms with Crippen molar-refractivity contribution in [1.29, 1.82) is 5.26 Å². The van der Waals surface area contributed by atoms with Crippen molar-refractivity contribution in [2.24, 2.45) is 11.7 Å². The first-order valence-corrected chi connectivity index (χ1v) is 4.71. The fourth-order valence-corrected chi connectivity index (χ4v) is 0.725. The monoisotopic (exact) mass is 192 g/mol. The van der Waals surface area contributed by atoms with Crippen molar-refractivity contribution in [3.8, 4) is 6.57 Å². The maximum absolute atomic E-state index is 6.50. The predicted molar refractivity (Wildman–Crippen MR) is 62.6 cm³/mol. The number of nitriles is 1. The largest absolute Gasteiger partial charge is 0.330 e. The van der Waals surface area contributed by atoms with Gasteiger partial charge in [-0.05, 0) is 25.8 Å². The quantitative estimate of drug-likeness (QED) is 0.681. The minimum atomic E-state index is 0.594. The van der Waals surface area contributed by atoms with E-state index in [2.05, 4.69) is 25.6 Å². The van der Waals surface area contributed by atoms with E-state index < -0.39 is 0 Å². The Labute approximate surface area is 87.4 Å². The van der Waals surface area contributed by atoms with Gasteiger partial charge in [0.1, 0.15) is 0 Å². The van der Waals surface area contributed by atoms with Crippen LogP contribution in [-0.2, 0) is 0 Å². The smallest absolute Gasteiger partial charge is 0.0462 e. The Kier molecular flexibility index (Phi) is 15.4. The zero-order valence-corrected chi connectivity index (χ0v) is 9.06. The van der Waals surface area contributed by atoms with Crippen molar-refractivity contribution >= 4 is 0 Å². The predicted octanol–water partition coefficient (Wildman–Crippen LogP) is 2.80. The number of hydrogen-bond donors (Lipinski definition) is 1. The first kappa shape index (κ1) is 15.2. The zero-order valence-electron chi connectivity index (χ0n) is 9.06. The second kappa shape index (κ2) is 14.2. The third-order valence-electron chi connectivity index (χ3n) is 1.60. The second-order valence-corrected chi connectivity index (χ2v) is 2.92. The van der Waals surface area contributed by atoms with Crippen LogP contribution < -0.4 is 5.73 Å². The van der Waals surface area contributed by atoms with Crippen LogP contribution >= 0.6 is 0 Å². The van der Waals surface area contributed by atoms with Gasteiger partial charge in [0, 0.05) is 6.57 Å². The van der Waals surface area contributed by atoms with Crippen LogP contribution in [0.5, 0.6) is 0 Å². The maximum atomic E-state index is 6.50. The first-order valence-electron chi connectivity index (χ1n) is 4.71. The highest BCUT2D eigenvalue weighted by atomic mass is 14.5. The topological polar surface area (TPSA) is 49.8 Å². The highest BCUT2D eigenvalue weighted by Gasteiger charge is 1.92. The molecule has 0 aliphatic heterocycles. The van der Waals surface area contributed by atoms with Crippen molar-refractivity contribution in [1.82, 2.24) is 0 Å². The van der Waals surface area contributed by atoms with Crippen LogP contribution in [0.3, 0.4) is 0 Å². The Morgan fingerprint density at radius 1 is 1.21 bits per heavy atom. The molecule has 0 saturated heterocycles. The lowest BCUT2D eigenvalue weighted by Crippen LogP contribution is -2.09. The molecule has 0 aromatic carbocycles. The molecule has 0 amide bonds. The Morgan fingerprint density at radius 3 is 2.29 bits per heavy atom. The van der Waals surface area contributed by atoms with Crippen LogP contribution in [0.2, 0.25) is 0 Å². The lowest BCUT2D eigenvalue weighted by Gasteiger charge is -2.01. The van der Waals surface area contributed by atoms with Crippen LogP contribution in [0.25, 0.3) is 0 Å². The average molecular weight is 192 g/mol. The van der Waals surface area contributed by atoms with Gasteiger partial charge in [-0.2, -0.15) is 0 Å². The zero-order chi connectivity index (χ0) is 11.2. The molecule has 0 unspecified atom stereocenters. The molecule has 0 radical (unpaired) electrons. The highest BCUT2D eigenvalue weighted by Crippen LogP contribution is 1.99. The number of allylic oxidation sites excluding steroid dienone is 6. The Morgan fingerprint density at radius 2 is 1.79 bits per heavy atom. The molecule has 0 aliphatic carbocycles. The molecule has 0 saturated carbocycles. The van der Waals surface area contributed by atoms with E-state index in [4.69, 9.17) is 11.0 Å². The van der Waals surface area contributed by atoms with E-state index in [1.807, 2.05) is 31.2 Å². The van der Waals surface area contributed by atoms with E-state index in [0.29, 0.717) is 5.92 Å². The summed E-state index contributed by atoms with van der Waals surface area (Å²) in [4.78, 5) is 0. The molecular formula is C12H20N2. The van der Waals surface area contributed by atoms with Gasteiger partial charge in [0.05, 0.1) is 0 Å². The molecule has 78 valence electrons. The van der Waals surface area contributed by atoms with Gasteiger partial charge in [-0.1, -0.05) is 43.4 Å². The Balaban J connectivity index is 0. The molecule has 1 atom stereocenters. The number of nitrogens with two attached hydrogens (primary N) is 1. The lowest BCUT2D eigenvalue weighted by molar-refractivity contribution is 0.606. The van der Waals surface area contributed by atoms with Gasteiger partial charge < -0.3 is 5.73 Å². The number of hydrogen-bond acceptors (Lipinski definition) is 2. The Bertz CT molecular complexity index is 200. The van der Waals surface area contributed by atoms with Gasteiger partial charge >= 0.3 is 0 Å². The van der Waals surface area contributed by atoms with Crippen molar-refractivity contribution in [3.63, 3.8) is 0 Å². The minimum Gasteiger partial charge on any atom is -0.330 e. The summed E-state index contributed by atoms with van der Waals surface area (Å²) < 4.78 is 0. The van der Waals surface area contributed by atoms with E-state index in [-0.39, 0.29) is 0 Å². The molecule has 0 aliphatic rings. The fourth-order valence-electron chi connectivity index (χ4n) is 0.725. The standard InChI is InChI=1S/C11H19N.CHN/c1-3-4-5-6-7-8-9-11(2)10-12;1-2/h3-8,11H,9-10,12H2,1-2H3;1H/b4-3-,6-5-,8-7+;/t11-;/m0./s1. The molecule has 14 heavy (non-hydrogen) atoms. The van der Waals surface area contributed by atoms with Gasteiger partial charge in [-0.15, -0.1) is 0 Å². The van der Waals surface area contributed by atoms with E-state index in [1.54, 1.807) is 0 Å². The van der Waals surface area contributed by atoms with E-state index in [1.165, 1.54) is 0 Å². The number of rotatable bonds is 5. The van der Waals surface area contributed by atoms with Crippen molar-refractivity contribution in [2.75, 3.05) is 6.54 Å². The molecule has 2 nitrogen and oxygen atoms in total. The normalized spacial score (nSPS) is 13.2. The molecular weight excluding hydrogens is 172 g/mol. The van der Waals surface area contributed by atoms with Crippen LogP contribution in [0.4, 0.5) is 0 Å². The lowest BCUT2D eigenvalue weighted by atomic mass is 10.1. The van der Waals surface area contributed by atoms with Crippen LogP contribution in [-0.4, -0.2) is 6.54 Å². The number of nitrogens with zero attached hydrogens (tertiary/aromatic N) is 1. The molecule has 0 aromatic rings. The van der Waals surface area contributed by atoms with Gasteiger partial charge in [-0.3, -0.25) is 0 Å². The molecule has 0 heterocycles. The van der Waals surface area contributed by atoms with Crippen molar-refractivity contribution in [3.05, 3.63) is 36.5 Å². The van der Waals surface area contributed by atoms with Gasteiger partial charge in [0.15, 0.2) is 0 Å². The SMILES string of the molecule is C#N.C\C=C/C=C\C=C\C[C@H](C)CN. The van der Waals surface area contributed by atoms with E-state index in [0.717, 1.165) is 13.0 Å². The van der Waals surface area contributed by atoms with Crippen LogP contribution in [0.15, 0.2) is 36.5 Å². The summed E-state index contributed by atoms with van der Waals surface area (Å²) in [7, 11) is 0. The minimum absolute atomic E-state index is 0.594. The van der Waals surface area contributed by atoms with Crippen LogP contribution in [0, 0.1) is 17.8 Å². The summed E-state index contributed by atoms with van der Waals surface area (Å²) in [6.07, 6.45) is 13.3. The molecule has 2 heteroatoms. The molecule has 0 fully saturated rings. The van der Waals surface area contributed by atoms with Crippen LogP contribution in [0.1, 0.15) is 20.3 Å². The highest BCUT2D eigenvalue weighted by molar-refractivity contribution is 5.10. The summed E-state index contributed by atoms with van der Waals surface area (Å²) in [6, 6.07) is 0. The van der Waals surface area contributed by atoms with Crippen molar-refractivity contribution in [2.45, 2.75) is 20.3 Å². The maximum Gasteiger partial charge on any atom is 0.0462 e. The van der Waals surface area contributed by atoms with Gasteiger partial charge in [-0.25, -0.2) is 5.26 Å². The summed E-state index contributed by atoms with van der Waals surface area (Å²) in [5.41, 5.74) is 5.47. The summed E-state index contributed by atoms with van der Waals surface area (Å²) in [5, 5.41) is 6.50. The third kappa shape index (κ3) is 13.3. The van der Waals surface area contributed by atoms with E-state index >= 15 is 0 Å². The summed E-state index contributed by atoms with van der Waals surface area (Å²) in [5.74, 6) is 0.594. The molecule has 0 rings (SSSR count). The van der Waals surface area contributed by atoms with Crippen molar-refractivity contribution < 1.29 is 0 Å². The van der Waals surface area contributed by atoms with E-state index in [9.17, 15) is 0 Å². The molecule has 0 spiro atoms. The van der Waals surface area contributed by atoms with Gasteiger partial charge in [0.2, 0.25) is 0 Å². The Hall–Kier alpha value is -1.33. The molecule has 0 bridgehead atoms. The third-order valence-corrected chi connectivity index (χ3v) is 1.60. The summed E-state index contributed by atoms with van der Waals surface area (Å²) >= 11 is 0. The molecule has 0 aromatic heterocycles. The first-order chi connectivity index (χ1) is 6.81. The fraction of sp³-hybridized carbons (Fsp3) is 0.417. The second-order valence-electron chi connectivity index (χ2n) is 2.92. The summed E-state index contributed by atoms with van der Waals surface area (Å²) in [6.45, 7) is 8.42. The van der Waals surface area contributed by atoms with Gasteiger partial charge in [0.25, 0.3) is 0 Å². The average Bonchev–Trinajstić information content (AvgIpc) is 2.25.